The van der Waals surface area contributed by atoms with Gasteiger partial charge in [0.15, 0.2) is 11.6 Å². The summed E-state index contributed by atoms with van der Waals surface area (Å²) in [5, 5.41) is 12.6. The van der Waals surface area contributed by atoms with Gasteiger partial charge in [-0.05, 0) is 43.3 Å². The molecule has 1 saturated heterocycles. The van der Waals surface area contributed by atoms with Crippen LogP contribution in [0.3, 0.4) is 0 Å². The lowest BCUT2D eigenvalue weighted by Gasteiger charge is -2.33. The van der Waals surface area contributed by atoms with Crippen molar-refractivity contribution >= 4 is 28.1 Å². The predicted octanol–water partition coefficient (Wildman–Crippen LogP) is 4.17. The molecular formula is C20H20N6S. The molecule has 136 valence electrons. The Labute approximate surface area is 161 Å². The summed E-state index contributed by atoms with van der Waals surface area (Å²) >= 11 is 1.67. The van der Waals surface area contributed by atoms with Gasteiger partial charge in [-0.1, -0.05) is 12.1 Å². The first-order valence-corrected chi connectivity index (χ1v) is 10.2. The van der Waals surface area contributed by atoms with Gasteiger partial charge in [-0.3, -0.25) is 5.10 Å². The number of hydrogen-bond acceptors (Lipinski definition) is 6. The maximum Gasteiger partial charge on any atom is 0.162 e. The van der Waals surface area contributed by atoms with Gasteiger partial charge in [0.1, 0.15) is 11.6 Å². The molecule has 0 radical (unpaired) electrons. The number of para-hydroxylation sites is 1. The molecule has 0 amide bonds. The lowest BCUT2D eigenvalue weighted by atomic mass is 9.97. The maximum absolute atomic E-state index is 4.97. The van der Waals surface area contributed by atoms with Gasteiger partial charge in [0.05, 0.1) is 5.52 Å². The Bertz CT molecular complexity index is 1070. The largest absolute Gasteiger partial charge is 0.355 e. The molecule has 3 aromatic heterocycles. The van der Waals surface area contributed by atoms with Crippen LogP contribution in [0.5, 0.6) is 0 Å². The van der Waals surface area contributed by atoms with E-state index in [1.807, 2.05) is 13.0 Å². The molecule has 4 heterocycles. The Morgan fingerprint density at radius 3 is 2.89 bits per heavy atom. The minimum absolute atomic E-state index is 0.321. The smallest absolute Gasteiger partial charge is 0.162 e. The van der Waals surface area contributed by atoms with Crippen molar-refractivity contribution in [2.45, 2.75) is 25.7 Å². The van der Waals surface area contributed by atoms with Crippen LogP contribution in [-0.2, 0) is 0 Å². The molecule has 0 aliphatic carbocycles. The monoisotopic (exact) mass is 376 g/mol. The van der Waals surface area contributed by atoms with E-state index in [1.165, 1.54) is 0 Å². The predicted molar refractivity (Wildman–Crippen MR) is 108 cm³/mol. The van der Waals surface area contributed by atoms with Crippen molar-refractivity contribution in [3.05, 3.63) is 52.7 Å². The fraction of sp³-hybridized carbons (Fsp3) is 0.300. The first kappa shape index (κ1) is 16.4. The Balaban J connectivity index is 1.57. The van der Waals surface area contributed by atoms with Crippen molar-refractivity contribution in [1.82, 2.24) is 25.1 Å². The number of aromatic nitrogens is 5. The van der Waals surface area contributed by atoms with Gasteiger partial charge in [0.25, 0.3) is 0 Å². The van der Waals surface area contributed by atoms with Gasteiger partial charge in [-0.15, -0.1) is 0 Å². The number of benzene rings is 1. The fourth-order valence-corrected chi connectivity index (χ4v) is 4.38. The number of hydrogen-bond donors (Lipinski definition) is 1. The van der Waals surface area contributed by atoms with Gasteiger partial charge in [0.2, 0.25) is 0 Å². The normalized spacial score (nSPS) is 17.5. The summed E-state index contributed by atoms with van der Waals surface area (Å²) in [6.07, 6.45) is 2.21. The third-order valence-electron chi connectivity index (χ3n) is 5.06. The highest BCUT2D eigenvalue weighted by molar-refractivity contribution is 7.08. The van der Waals surface area contributed by atoms with E-state index in [0.717, 1.165) is 65.7 Å². The molecule has 1 aliphatic heterocycles. The number of nitrogens with zero attached hydrogens (tertiary/aromatic N) is 5. The second-order valence-corrected chi connectivity index (χ2v) is 7.74. The molecule has 1 aromatic carbocycles. The molecule has 6 nitrogen and oxygen atoms in total. The topological polar surface area (TPSA) is 70.6 Å². The van der Waals surface area contributed by atoms with Crippen molar-refractivity contribution in [1.29, 1.82) is 0 Å². The molecule has 27 heavy (non-hydrogen) atoms. The van der Waals surface area contributed by atoms with E-state index < -0.39 is 0 Å². The number of aryl methyl sites for hydroxylation is 1. The molecule has 0 bridgehead atoms. The number of H-pyrrole nitrogens is 1. The molecule has 1 fully saturated rings. The summed E-state index contributed by atoms with van der Waals surface area (Å²) in [5.74, 6) is 3.91. The van der Waals surface area contributed by atoms with Gasteiger partial charge in [-0.2, -0.15) is 16.4 Å². The van der Waals surface area contributed by atoms with Crippen LogP contribution in [-0.4, -0.2) is 38.2 Å². The number of piperidine rings is 1. The summed E-state index contributed by atoms with van der Waals surface area (Å²) in [6.45, 7) is 3.81. The quantitative estimate of drug-likeness (QED) is 0.581. The van der Waals surface area contributed by atoms with Crippen LogP contribution in [0.2, 0.25) is 0 Å². The molecule has 0 spiro atoms. The number of thiophene rings is 1. The van der Waals surface area contributed by atoms with E-state index >= 15 is 0 Å². The second kappa shape index (κ2) is 6.74. The van der Waals surface area contributed by atoms with Crippen molar-refractivity contribution in [2.24, 2.45) is 0 Å². The summed E-state index contributed by atoms with van der Waals surface area (Å²) in [7, 11) is 0. The maximum atomic E-state index is 4.97. The number of rotatable bonds is 3. The third kappa shape index (κ3) is 3.08. The van der Waals surface area contributed by atoms with Crippen LogP contribution in [0.1, 0.15) is 30.4 Å². The Morgan fingerprint density at radius 2 is 2.07 bits per heavy atom. The number of aromatic amines is 1. The average molecular weight is 376 g/mol. The molecule has 4 aromatic rings. The average Bonchev–Trinajstić information content (AvgIpc) is 3.39. The highest BCUT2D eigenvalue weighted by Crippen LogP contribution is 2.33. The van der Waals surface area contributed by atoms with Crippen LogP contribution >= 0.6 is 11.3 Å². The minimum Gasteiger partial charge on any atom is -0.355 e. The standard InChI is InChI=1S/C20H20N6S/c1-13-21-19(25-24-13)14-5-4-9-26(11-14)20-16-6-2-3-7-17(16)22-18(23-20)15-8-10-27-12-15/h2-3,6-8,10,12,14H,4-5,9,11H2,1H3,(H,21,24,25). The summed E-state index contributed by atoms with van der Waals surface area (Å²) < 4.78 is 0. The molecule has 1 aliphatic rings. The molecule has 1 atom stereocenters. The van der Waals surface area contributed by atoms with E-state index in [4.69, 9.17) is 9.97 Å². The van der Waals surface area contributed by atoms with E-state index in [-0.39, 0.29) is 0 Å². The summed E-state index contributed by atoms with van der Waals surface area (Å²) in [5.41, 5.74) is 2.06. The summed E-state index contributed by atoms with van der Waals surface area (Å²) in [4.78, 5) is 16.7. The minimum atomic E-state index is 0.321. The molecular weight excluding hydrogens is 356 g/mol. The van der Waals surface area contributed by atoms with E-state index in [0.29, 0.717) is 5.92 Å². The second-order valence-electron chi connectivity index (χ2n) is 6.96. The van der Waals surface area contributed by atoms with Crippen molar-refractivity contribution < 1.29 is 0 Å². The molecule has 5 rings (SSSR count). The van der Waals surface area contributed by atoms with Gasteiger partial charge in [-0.25, -0.2) is 15.0 Å². The fourth-order valence-electron chi connectivity index (χ4n) is 3.74. The van der Waals surface area contributed by atoms with Gasteiger partial charge in [0, 0.05) is 35.3 Å². The van der Waals surface area contributed by atoms with Crippen molar-refractivity contribution in [3.8, 4) is 11.4 Å². The highest BCUT2D eigenvalue weighted by atomic mass is 32.1. The lowest BCUT2D eigenvalue weighted by Crippen LogP contribution is -2.35. The van der Waals surface area contributed by atoms with Crippen LogP contribution < -0.4 is 4.90 Å². The third-order valence-corrected chi connectivity index (χ3v) is 5.75. The van der Waals surface area contributed by atoms with Gasteiger partial charge >= 0.3 is 0 Å². The summed E-state index contributed by atoms with van der Waals surface area (Å²) in [6, 6.07) is 10.3. The van der Waals surface area contributed by atoms with E-state index in [9.17, 15) is 0 Å². The van der Waals surface area contributed by atoms with Gasteiger partial charge < -0.3 is 4.90 Å². The zero-order valence-corrected chi connectivity index (χ0v) is 15.9. The van der Waals surface area contributed by atoms with Crippen LogP contribution in [0.4, 0.5) is 5.82 Å². The van der Waals surface area contributed by atoms with Crippen LogP contribution in [0, 0.1) is 6.92 Å². The number of nitrogens with one attached hydrogen (secondary N) is 1. The zero-order chi connectivity index (χ0) is 18.2. The Kier molecular flexibility index (Phi) is 4.09. The highest BCUT2D eigenvalue weighted by Gasteiger charge is 2.26. The molecule has 7 heteroatoms. The lowest BCUT2D eigenvalue weighted by molar-refractivity contribution is 0.490. The molecule has 1 unspecified atom stereocenters. The Hall–Kier alpha value is -2.80. The molecule has 1 N–H and O–H groups in total. The first-order chi connectivity index (χ1) is 13.3. The van der Waals surface area contributed by atoms with E-state index in [2.05, 4.69) is 55.1 Å². The van der Waals surface area contributed by atoms with Crippen LogP contribution in [0.15, 0.2) is 41.1 Å². The first-order valence-electron chi connectivity index (χ1n) is 9.21. The van der Waals surface area contributed by atoms with Crippen molar-refractivity contribution in [3.63, 3.8) is 0 Å². The molecule has 0 saturated carbocycles. The number of fused-ring (bicyclic) bond motifs is 1. The zero-order valence-electron chi connectivity index (χ0n) is 15.1. The number of anilines is 1. The SMILES string of the molecule is Cc1nc(C2CCCN(c3nc(-c4ccsc4)nc4ccccc34)C2)n[nH]1. The van der Waals surface area contributed by atoms with Crippen LogP contribution in [0.25, 0.3) is 22.3 Å². The Morgan fingerprint density at radius 1 is 1.15 bits per heavy atom. The van der Waals surface area contributed by atoms with E-state index in [1.54, 1.807) is 11.3 Å². The van der Waals surface area contributed by atoms with Crippen molar-refractivity contribution in [2.75, 3.05) is 18.0 Å².